The molecule has 1 saturated heterocycles. The van der Waals surface area contributed by atoms with Gasteiger partial charge in [-0.25, -0.2) is 0 Å². The number of carbonyl (C=O) groups is 2. The predicted molar refractivity (Wildman–Crippen MR) is 98.4 cm³/mol. The van der Waals surface area contributed by atoms with Gasteiger partial charge < -0.3 is 10.2 Å². The molecule has 3 rings (SSSR count). The smallest absolute Gasteiger partial charge is 0.251 e. The van der Waals surface area contributed by atoms with Gasteiger partial charge in [-0.3, -0.25) is 14.5 Å². The number of amides is 2. The minimum Gasteiger partial charge on any atom is -0.355 e. The molecule has 0 aromatic heterocycles. The summed E-state index contributed by atoms with van der Waals surface area (Å²) >= 11 is 0. The Kier molecular flexibility index (Phi) is 5.74. The maximum atomic E-state index is 12.9. The molecular weight excluding hydrogens is 314 g/mol. The maximum absolute atomic E-state index is 12.9. The van der Waals surface area contributed by atoms with Gasteiger partial charge >= 0.3 is 0 Å². The van der Waals surface area contributed by atoms with Crippen LogP contribution in [0.3, 0.4) is 0 Å². The van der Waals surface area contributed by atoms with E-state index in [2.05, 4.69) is 23.3 Å². The zero-order valence-corrected chi connectivity index (χ0v) is 15.3. The van der Waals surface area contributed by atoms with E-state index in [0.717, 1.165) is 31.5 Å². The number of nitrogens with zero attached hydrogens (tertiary/aromatic N) is 2. The minimum absolute atomic E-state index is 0.0737. The quantitative estimate of drug-likeness (QED) is 0.917. The van der Waals surface area contributed by atoms with Gasteiger partial charge in [-0.1, -0.05) is 31.4 Å². The number of likely N-dealkylation sites (N-methyl/N-ethyl adjacent to an activating group) is 1. The summed E-state index contributed by atoms with van der Waals surface area (Å²) in [5.74, 6) is 0.478. The number of piperazine rings is 1. The summed E-state index contributed by atoms with van der Waals surface area (Å²) in [4.78, 5) is 29.2. The molecule has 0 radical (unpaired) electrons. The van der Waals surface area contributed by atoms with Crippen molar-refractivity contribution in [1.82, 2.24) is 15.1 Å². The van der Waals surface area contributed by atoms with Crippen LogP contribution in [0.4, 0.5) is 0 Å². The molecule has 2 fully saturated rings. The van der Waals surface area contributed by atoms with E-state index in [1.807, 2.05) is 23.1 Å². The number of rotatable bonds is 3. The molecule has 2 aliphatic rings. The summed E-state index contributed by atoms with van der Waals surface area (Å²) in [6.07, 6.45) is 5.72. The lowest BCUT2D eigenvalue weighted by atomic mass is 9.87. The maximum Gasteiger partial charge on any atom is 0.251 e. The molecule has 1 N–H and O–H groups in total. The van der Waals surface area contributed by atoms with Crippen LogP contribution in [0.15, 0.2) is 24.3 Å². The summed E-state index contributed by atoms with van der Waals surface area (Å²) in [7, 11) is 3.74. The van der Waals surface area contributed by atoms with E-state index < -0.39 is 0 Å². The largest absolute Gasteiger partial charge is 0.355 e. The molecule has 1 saturated carbocycles. The highest BCUT2D eigenvalue weighted by Gasteiger charge is 2.32. The Balaban J connectivity index is 1.74. The molecule has 0 bridgehead atoms. The predicted octanol–water partition coefficient (Wildman–Crippen LogP) is 2.44. The molecular formula is C20H29N3O2. The third-order valence-electron chi connectivity index (χ3n) is 5.67. The van der Waals surface area contributed by atoms with E-state index in [0.29, 0.717) is 18.0 Å². The van der Waals surface area contributed by atoms with E-state index in [-0.39, 0.29) is 17.9 Å². The first-order valence-corrected chi connectivity index (χ1v) is 9.41. The van der Waals surface area contributed by atoms with Crippen LogP contribution >= 0.6 is 0 Å². The molecule has 2 amide bonds. The summed E-state index contributed by atoms with van der Waals surface area (Å²) in [5, 5.41) is 2.68. The van der Waals surface area contributed by atoms with E-state index in [1.165, 1.54) is 19.3 Å². The molecule has 5 heteroatoms. The molecule has 136 valence electrons. The third-order valence-corrected chi connectivity index (χ3v) is 5.67. The molecule has 5 nitrogen and oxygen atoms in total. The number of hydrogen-bond donors (Lipinski definition) is 1. The highest BCUT2D eigenvalue weighted by atomic mass is 16.2. The van der Waals surface area contributed by atoms with Crippen molar-refractivity contribution >= 4 is 11.8 Å². The Morgan fingerprint density at radius 3 is 2.60 bits per heavy atom. The van der Waals surface area contributed by atoms with Crippen molar-refractivity contribution in [2.45, 2.75) is 38.1 Å². The molecule has 0 spiro atoms. The molecule has 1 aliphatic carbocycles. The second-order valence-corrected chi connectivity index (χ2v) is 7.32. The van der Waals surface area contributed by atoms with Crippen LogP contribution in [0.1, 0.15) is 54.1 Å². The van der Waals surface area contributed by atoms with Gasteiger partial charge in [0.1, 0.15) is 0 Å². The minimum atomic E-state index is -0.0737. The highest BCUT2D eigenvalue weighted by Crippen LogP contribution is 2.29. The molecule has 1 heterocycles. The Labute approximate surface area is 150 Å². The Morgan fingerprint density at radius 1 is 1.12 bits per heavy atom. The lowest BCUT2D eigenvalue weighted by molar-refractivity contribution is -0.139. The van der Waals surface area contributed by atoms with Gasteiger partial charge in [0.05, 0.1) is 6.04 Å². The van der Waals surface area contributed by atoms with Crippen molar-refractivity contribution in [1.29, 1.82) is 0 Å². The summed E-state index contributed by atoms with van der Waals surface area (Å²) < 4.78 is 0. The summed E-state index contributed by atoms with van der Waals surface area (Å²) in [6, 6.07) is 7.91. The summed E-state index contributed by atoms with van der Waals surface area (Å²) in [5.41, 5.74) is 1.77. The zero-order chi connectivity index (χ0) is 17.8. The van der Waals surface area contributed by atoms with Crippen LogP contribution in [0.5, 0.6) is 0 Å². The molecule has 1 atom stereocenters. The fourth-order valence-electron chi connectivity index (χ4n) is 4.07. The van der Waals surface area contributed by atoms with Crippen LogP contribution < -0.4 is 5.32 Å². The monoisotopic (exact) mass is 343 g/mol. The number of nitrogens with one attached hydrogen (secondary N) is 1. The number of benzene rings is 1. The van der Waals surface area contributed by atoms with Gasteiger partial charge in [0.15, 0.2) is 0 Å². The number of carbonyl (C=O) groups excluding carboxylic acids is 2. The second-order valence-electron chi connectivity index (χ2n) is 7.32. The average molecular weight is 343 g/mol. The van der Waals surface area contributed by atoms with Crippen LogP contribution in [0, 0.1) is 5.92 Å². The lowest BCUT2D eigenvalue weighted by Gasteiger charge is -2.41. The van der Waals surface area contributed by atoms with Gasteiger partial charge in [0.25, 0.3) is 5.91 Å². The first-order chi connectivity index (χ1) is 12.1. The Hall–Kier alpha value is -1.88. The van der Waals surface area contributed by atoms with Gasteiger partial charge in [-0.15, -0.1) is 0 Å². The van der Waals surface area contributed by atoms with Crippen molar-refractivity contribution in [2.24, 2.45) is 5.92 Å². The third kappa shape index (κ3) is 4.03. The van der Waals surface area contributed by atoms with Crippen molar-refractivity contribution in [3.63, 3.8) is 0 Å². The van der Waals surface area contributed by atoms with E-state index in [9.17, 15) is 9.59 Å². The average Bonchev–Trinajstić information content (AvgIpc) is 2.68. The van der Waals surface area contributed by atoms with Crippen LogP contribution in [0.25, 0.3) is 0 Å². The summed E-state index contributed by atoms with van der Waals surface area (Å²) in [6.45, 7) is 2.38. The first kappa shape index (κ1) is 17.9. The van der Waals surface area contributed by atoms with Crippen molar-refractivity contribution in [3.05, 3.63) is 35.4 Å². The molecule has 25 heavy (non-hydrogen) atoms. The zero-order valence-electron chi connectivity index (χ0n) is 15.3. The van der Waals surface area contributed by atoms with Crippen molar-refractivity contribution in [3.8, 4) is 0 Å². The van der Waals surface area contributed by atoms with Gasteiger partial charge in [0.2, 0.25) is 5.91 Å². The topological polar surface area (TPSA) is 52.7 Å². The Bertz CT molecular complexity index is 625. The van der Waals surface area contributed by atoms with Crippen LogP contribution in [0.2, 0.25) is 0 Å². The van der Waals surface area contributed by atoms with Gasteiger partial charge in [-0.2, -0.15) is 0 Å². The fraction of sp³-hybridized carbons (Fsp3) is 0.600. The van der Waals surface area contributed by atoms with Crippen LogP contribution in [-0.2, 0) is 4.79 Å². The number of hydrogen-bond acceptors (Lipinski definition) is 3. The Morgan fingerprint density at radius 2 is 1.88 bits per heavy atom. The molecule has 1 aliphatic heterocycles. The highest BCUT2D eigenvalue weighted by molar-refractivity contribution is 5.94. The molecule has 1 unspecified atom stereocenters. The SMILES string of the molecule is CNC(=O)c1cccc(C2CN(C(=O)C3CCCCC3)CCN2C)c1. The normalized spacial score (nSPS) is 22.6. The van der Waals surface area contributed by atoms with Crippen molar-refractivity contribution in [2.75, 3.05) is 33.7 Å². The first-order valence-electron chi connectivity index (χ1n) is 9.41. The second kappa shape index (κ2) is 8.00. The van der Waals surface area contributed by atoms with Gasteiger partial charge in [0, 0.05) is 38.2 Å². The van der Waals surface area contributed by atoms with Crippen LogP contribution in [-0.4, -0.2) is 55.3 Å². The standard InChI is InChI=1S/C20H29N3O2/c1-21-19(24)17-10-6-9-16(13-17)18-14-23(12-11-22(18)2)20(25)15-7-4-3-5-8-15/h6,9-10,13,15,18H,3-5,7-8,11-12,14H2,1-2H3,(H,21,24). The van der Waals surface area contributed by atoms with E-state index in [4.69, 9.17) is 0 Å². The molecule has 1 aromatic carbocycles. The van der Waals surface area contributed by atoms with Gasteiger partial charge in [-0.05, 0) is 37.6 Å². The van der Waals surface area contributed by atoms with E-state index >= 15 is 0 Å². The van der Waals surface area contributed by atoms with Crippen molar-refractivity contribution < 1.29 is 9.59 Å². The van der Waals surface area contributed by atoms with E-state index in [1.54, 1.807) is 7.05 Å². The molecule has 1 aromatic rings. The fourth-order valence-corrected chi connectivity index (χ4v) is 4.07. The lowest BCUT2D eigenvalue weighted by Crippen LogP contribution is -2.50.